The second-order valence-corrected chi connectivity index (χ2v) is 7.50. The average Bonchev–Trinajstić information content (AvgIpc) is 2.67. The van der Waals surface area contributed by atoms with Gasteiger partial charge >= 0.3 is 5.97 Å². The zero-order valence-corrected chi connectivity index (χ0v) is 17.6. The molecule has 0 bridgehead atoms. The van der Waals surface area contributed by atoms with E-state index in [0.29, 0.717) is 12.8 Å². The summed E-state index contributed by atoms with van der Waals surface area (Å²) < 4.78 is 12.8. The number of aryl methyl sites for hydroxylation is 1. The number of halogens is 1. The molecule has 0 saturated heterocycles. The first kappa shape index (κ1) is 20.9. The normalized spacial score (nSPS) is 13.2. The maximum absolute atomic E-state index is 12.4. The van der Waals surface area contributed by atoms with Crippen LogP contribution in [0.1, 0.15) is 49.8 Å². The third-order valence-electron chi connectivity index (χ3n) is 4.39. The Labute approximate surface area is 170 Å². The SMILES string of the molecule is CCCC[C@H](OC(=O)CCc1ccccc1)[C@@H](OC)c1ccccc1I. The number of rotatable bonds is 10. The van der Waals surface area contributed by atoms with Crippen molar-refractivity contribution in [2.75, 3.05) is 7.11 Å². The molecule has 0 aliphatic rings. The molecule has 0 aliphatic heterocycles. The highest BCUT2D eigenvalue weighted by Crippen LogP contribution is 2.30. The monoisotopic (exact) mass is 466 g/mol. The molecule has 26 heavy (non-hydrogen) atoms. The summed E-state index contributed by atoms with van der Waals surface area (Å²) in [6.45, 7) is 2.14. The van der Waals surface area contributed by atoms with Crippen LogP contribution in [0.15, 0.2) is 54.6 Å². The maximum atomic E-state index is 12.4. The molecule has 0 spiro atoms. The minimum absolute atomic E-state index is 0.164. The van der Waals surface area contributed by atoms with Crippen LogP contribution < -0.4 is 0 Å². The second-order valence-electron chi connectivity index (χ2n) is 6.33. The van der Waals surface area contributed by atoms with Crippen LogP contribution in [0.5, 0.6) is 0 Å². The van der Waals surface area contributed by atoms with E-state index in [9.17, 15) is 4.79 Å². The molecule has 4 heteroatoms. The van der Waals surface area contributed by atoms with Gasteiger partial charge in [-0.25, -0.2) is 0 Å². The van der Waals surface area contributed by atoms with E-state index in [1.165, 1.54) is 0 Å². The largest absolute Gasteiger partial charge is 0.459 e. The van der Waals surface area contributed by atoms with Crippen molar-refractivity contribution in [2.24, 2.45) is 0 Å². The number of unbranched alkanes of at least 4 members (excludes halogenated alkanes) is 1. The molecule has 2 rings (SSSR count). The zero-order chi connectivity index (χ0) is 18.8. The van der Waals surface area contributed by atoms with Crippen LogP contribution >= 0.6 is 22.6 Å². The van der Waals surface area contributed by atoms with Gasteiger partial charge < -0.3 is 9.47 Å². The van der Waals surface area contributed by atoms with Crippen molar-refractivity contribution in [1.29, 1.82) is 0 Å². The van der Waals surface area contributed by atoms with Crippen molar-refractivity contribution < 1.29 is 14.3 Å². The third-order valence-corrected chi connectivity index (χ3v) is 5.37. The summed E-state index contributed by atoms with van der Waals surface area (Å²) in [7, 11) is 1.69. The predicted octanol–water partition coefficient (Wildman–Crippen LogP) is 5.71. The molecule has 0 heterocycles. The Bertz CT molecular complexity index is 672. The highest BCUT2D eigenvalue weighted by atomic mass is 127. The first-order chi connectivity index (χ1) is 12.7. The number of methoxy groups -OCH3 is 1. The smallest absolute Gasteiger partial charge is 0.306 e. The average molecular weight is 466 g/mol. The van der Waals surface area contributed by atoms with Crippen LogP contribution in [-0.2, 0) is 20.7 Å². The molecule has 2 aromatic carbocycles. The first-order valence-corrected chi connectivity index (χ1v) is 10.2. The molecule has 3 nitrogen and oxygen atoms in total. The number of benzene rings is 2. The standard InChI is InChI=1S/C22H27IO3/c1-3-4-14-20(22(25-2)18-12-8-9-13-19(18)23)26-21(24)16-15-17-10-6-5-7-11-17/h5-13,20,22H,3-4,14-16H2,1-2H3/t20-,22-/m0/s1. The molecule has 0 radical (unpaired) electrons. The number of hydrogen-bond donors (Lipinski definition) is 0. The number of carbonyl (C=O) groups excluding carboxylic acids is 1. The van der Waals surface area contributed by atoms with Gasteiger partial charge in [0.2, 0.25) is 0 Å². The van der Waals surface area contributed by atoms with Gasteiger partial charge in [-0.05, 0) is 59.0 Å². The van der Waals surface area contributed by atoms with Crippen LogP contribution in [0.3, 0.4) is 0 Å². The summed E-state index contributed by atoms with van der Waals surface area (Å²) in [5, 5.41) is 0. The quantitative estimate of drug-likeness (QED) is 0.332. The van der Waals surface area contributed by atoms with Crippen LogP contribution in [0.25, 0.3) is 0 Å². The fraction of sp³-hybridized carbons (Fsp3) is 0.409. The van der Waals surface area contributed by atoms with Crippen molar-refractivity contribution in [3.8, 4) is 0 Å². The highest BCUT2D eigenvalue weighted by Gasteiger charge is 2.27. The molecule has 140 valence electrons. The molecular weight excluding hydrogens is 439 g/mol. The number of ether oxygens (including phenoxy) is 2. The van der Waals surface area contributed by atoms with Crippen molar-refractivity contribution in [1.82, 2.24) is 0 Å². The fourth-order valence-electron chi connectivity index (χ4n) is 2.98. The van der Waals surface area contributed by atoms with Crippen LogP contribution in [0.2, 0.25) is 0 Å². The Morgan fingerprint density at radius 2 is 1.77 bits per heavy atom. The molecule has 2 aromatic rings. The Balaban J connectivity index is 2.05. The van der Waals surface area contributed by atoms with Gasteiger partial charge in [0, 0.05) is 17.1 Å². The fourth-order valence-corrected chi connectivity index (χ4v) is 3.68. The Morgan fingerprint density at radius 1 is 1.08 bits per heavy atom. The van der Waals surface area contributed by atoms with E-state index in [2.05, 4.69) is 35.6 Å². The summed E-state index contributed by atoms with van der Waals surface area (Å²) >= 11 is 2.31. The molecule has 0 aliphatic carbocycles. The Morgan fingerprint density at radius 3 is 2.42 bits per heavy atom. The third kappa shape index (κ3) is 6.40. The van der Waals surface area contributed by atoms with Gasteiger partial charge in [-0.2, -0.15) is 0 Å². The first-order valence-electron chi connectivity index (χ1n) is 9.16. The summed E-state index contributed by atoms with van der Waals surface area (Å²) in [6, 6.07) is 18.1. The zero-order valence-electron chi connectivity index (χ0n) is 15.5. The summed E-state index contributed by atoms with van der Waals surface area (Å²) in [5.74, 6) is -0.164. The van der Waals surface area contributed by atoms with Crippen LogP contribution in [0.4, 0.5) is 0 Å². The van der Waals surface area contributed by atoms with Gasteiger partial charge in [0.1, 0.15) is 12.2 Å². The van der Waals surface area contributed by atoms with Gasteiger partial charge in [0.05, 0.1) is 0 Å². The molecular formula is C22H27IO3. The van der Waals surface area contributed by atoms with Gasteiger partial charge in [0.15, 0.2) is 0 Å². The lowest BCUT2D eigenvalue weighted by molar-refractivity contribution is -0.157. The minimum atomic E-state index is -0.265. The topological polar surface area (TPSA) is 35.5 Å². The van der Waals surface area contributed by atoms with E-state index in [0.717, 1.165) is 34.0 Å². The Hall–Kier alpha value is -1.40. The number of hydrogen-bond acceptors (Lipinski definition) is 3. The number of esters is 1. The van der Waals surface area contributed by atoms with Gasteiger partial charge in [0.25, 0.3) is 0 Å². The number of carbonyl (C=O) groups is 1. The molecule has 0 unspecified atom stereocenters. The van der Waals surface area contributed by atoms with E-state index in [1.54, 1.807) is 7.11 Å². The predicted molar refractivity (Wildman–Crippen MR) is 113 cm³/mol. The van der Waals surface area contributed by atoms with Crippen LogP contribution in [-0.4, -0.2) is 19.2 Å². The van der Waals surface area contributed by atoms with E-state index in [1.807, 2.05) is 48.5 Å². The molecule has 0 amide bonds. The molecule has 2 atom stereocenters. The van der Waals surface area contributed by atoms with E-state index in [-0.39, 0.29) is 18.2 Å². The summed E-state index contributed by atoms with van der Waals surface area (Å²) in [6.07, 6.45) is 3.43. The lowest BCUT2D eigenvalue weighted by atomic mass is 9.99. The van der Waals surface area contributed by atoms with E-state index >= 15 is 0 Å². The lowest BCUT2D eigenvalue weighted by Gasteiger charge is -2.27. The summed E-state index contributed by atoms with van der Waals surface area (Å²) in [4.78, 5) is 12.4. The molecule has 0 fully saturated rings. The maximum Gasteiger partial charge on any atom is 0.306 e. The minimum Gasteiger partial charge on any atom is -0.459 e. The molecule has 0 N–H and O–H groups in total. The van der Waals surface area contributed by atoms with E-state index < -0.39 is 0 Å². The molecule has 0 aromatic heterocycles. The van der Waals surface area contributed by atoms with Crippen molar-refractivity contribution in [2.45, 2.75) is 51.2 Å². The lowest BCUT2D eigenvalue weighted by Crippen LogP contribution is -2.27. The second kappa shape index (κ2) is 11.3. The van der Waals surface area contributed by atoms with Crippen molar-refractivity contribution >= 4 is 28.6 Å². The highest BCUT2D eigenvalue weighted by molar-refractivity contribution is 14.1. The van der Waals surface area contributed by atoms with Gasteiger partial charge in [-0.3, -0.25) is 4.79 Å². The van der Waals surface area contributed by atoms with Crippen molar-refractivity contribution in [3.63, 3.8) is 0 Å². The van der Waals surface area contributed by atoms with Crippen molar-refractivity contribution in [3.05, 3.63) is 69.3 Å². The van der Waals surface area contributed by atoms with Crippen LogP contribution in [0, 0.1) is 3.57 Å². The Kier molecular flexibility index (Phi) is 9.12. The summed E-state index contributed by atoms with van der Waals surface area (Å²) in [5.41, 5.74) is 2.23. The van der Waals surface area contributed by atoms with Gasteiger partial charge in [-0.1, -0.05) is 61.9 Å². The molecule has 0 saturated carbocycles. The van der Waals surface area contributed by atoms with E-state index in [4.69, 9.17) is 9.47 Å². The van der Waals surface area contributed by atoms with Gasteiger partial charge in [-0.15, -0.1) is 0 Å².